The molecule has 0 saturated carbocycles. The van der Waals surface area contributed by atoms with E-state index in [1.165, 1.54) is 0 Å². The van der Waals surface area contributed by atoms with Gasteiger partial charge in [-0.2, -0.15) is 0 Å². The number of aldehydes is 1. The Hall–Kier alpha value is -2.22. The Balaban J connectivity index is 2.01. The molecular formula is C16H14O2. The maximum absolute atomic E-state index is 12.0. The normalized spacial score (nSPS) is 10.0. The SMILES string of the molecule is O=Cc1cccc(C(=O)CCc2ccccc2)c1. The lowest BCUT2D eigenvalue weighted by Crippen LogP contribution is -2.01. The third-order valence-corrected chi connectivity index (χ3v) is 2.83. The predicted octanol–water partition coefficient (Wildman–Crippen LogP) is 3.31. The summed E-state index contributed by atoms with van der Waals surface area (Å²) in [5, 5.41) is 0. The highest BCUT2D eigenvalue weighted by molar-refractivity contribution is 5.97. The Kier molecular flexibility index (Phi) is 4.02. The van der Waals surface area contributed by atoms with Crippen LogP contribution >= 0.6 is 0 Å². The van der Waals surface area contributed by atoms with Crippen LogP contribution in [0.4, 0.5) is 0 Å². The summed E-state index contributed by atoms with van der Waals surface area (Å²) < 4.78 is 0. The molecular weight excluding hydrogens is 224 g/mol. The molecule has 0 aliphatic heterocycles. The second kappa shape index (κ2) is 5.92. The molecule has 0 saturated heterocycles. The van der Waals surface area contributed by atoms with Crippen molar-refractivity contribution >= 4 is 12.1 Å². The predicted molar refractivity (Wildman–Crippen MR) is 70.9 cm³/mol. The first-order chi connectivity index (χ1) is 8.79. The first-order valence-electron chi connectivity index (χ1n) is 5.92. The number of carbonyl (C=O) groups is 2. The molecule has 2 aromatic carbocycles. The number of rotatable bonds is 5. The van der Waals surface area contributed by atoms with E-state index in [0.717, 1.165) is 18.3 Å². The molecule has 18 heavy (non-hydrogen) atoms. The van der Waals surface area contributed by atoms with Gasteiger partial charge >= 0.3 is 0 Å². The summed E-state index contributed by atoms with van der Waals surface area (Å²) in [7, 11) is 0. The van der Waals surface area contributed by atoms with Gasteiger partial charge in [-0.25, -0.2) is 0 Å². The summed E-state index contributed by atoms with van der Waals surface area (Å²) in [6, 6.07) is 16.7. The van der Waals surface area contributed by atoms with Crippen LogP contribution < -0.4 is 0 Å². The van der Waals surface area contributed by atoms with Gasteiger partial charge < -0.3 is 0 Å². The molecule has 0 heterocycles. The molecule has 0 aliphatic carbocycles. The van der Waals surface area contributed by atoms with Crippen LogP contribution in [0.3, 0.4) is 0 Å². The molecule has 0 spiro atoms. The van der Waals surface area contributed by atoms with Crippen LogP contribution in [0.15, 0.2) is 54.6 Å². The van der Waals surface area contributed by atoms with Crippen molar-refractivity contribution in [2.75, 3.05) is 0 Å². The molecule has 0 N–H and O–H groups in total. The number of hydrogen-bond donors (Lipinski definition) is 0. The van der Waals surface area contributed by atoms with Crippen LogP contribution in [-0.4, -0.2) is 12.1 Å². The highest BCUT2D eigenvalue weighted by atomic mass is 16.1. The van der Waals surface area contributed by atoms with E-state index in [-0.39, 0.29) is 5.78 Å². The minimum atomic E-state index is 0.0718. The Morgan fingerprint density at radius 3 is 2.50 bits per heavy atom. The third-order valence-electron chi connectivity index (χ3n) is 2.83. The Morgan fingerprint density at radius 1 is 1.00 bits per heavy atom. The zero-order valence-electron chi connectivity index (χ0n) is 10.0. The fraction of sp³-hybridized carbons (Fsp3) is 0.125. The number of benzene rings is 2. The van der Waals surface area contributed by atoms with Crippen LogP contribution in [0, 0.1) is 0 Å². The molecule has 90 valence electrons. The first-order valence-corrected chi connectivity index (χ1v) is 5.92. The van der Waals surface area contributed by atoms with Gasteiger partial charge in [0.15, 0.2) is 5.78 Å². The molecule has 0 atom stereocenters. The van der Waals surface area contributed by atoms with Gasteiger partial charge in [-0.05, 0) is 18.1 Å². The fourth-order valence-electron chi connectivity index (χ4n) is 1.83. The van der Waals surface area contributed by atoms with E-state index in [9.17, 15) is 9.59 Å². The van der Waals surface area contributed by atoms with Crippen LogP contribution in [0.5, 0.6) is 0 Å². The van der Waals surface area contributed by atoms with Crippen LogP contribution in [0.1, 0.15) is 32.7 Å². The van der Waals surface area contributed by atoms with E-state index in [0.29, 0.717) is 17.5 Å². The zero-order chi connectivity index (χ0) is 12.8. The van der Waals surface area contributed by atoms with Crippen LogP contribution in [0.25, 0.3) is 0 Å². The molecule has 2 heteroatoms. The Bertz CT molecular complexity index is 544. The average molecular weight is 238 g/mol. The summed E-state index contributed by atoms with van der Waals surface area (Å²) in [4.78, 5) is 22.6. The summed E-state index contributed by atoms with van der Waals surface area (Å²) >= 11 is 0. The maximum Gasteiger partial charge on any atom is 0.163 e. The highest BCUT2D eigenvalue weighted by Crippen LogP contribution is 2.09. The minimum Gasteiger partial charge on any atom is -0.298 e. The molecule has 2 aromatic rings. The molecule has 0 amide bonds. The number of aryl methyl sites for hydroxylation is 1. The average Bonchev–Trinajstić information content (AvgIpc) is 2.46. The monoisotopic (exact) mass is 238 g/mol. The van der Waals surface area contributed by atoms with Crippen molar-refractivity contribution in [2.45, 2.75) is 12.8 Å². The molecule has 0 aromatic heterocycles. The summed E-state index contributed by atoms with van der Waals surface area (Å²) in [6.07, 6.45) is 1.95. The van der Waals surface area contributed by atoms with Crippen molar-refractivity contribution in [2.24, 2.45) is 0 Å². The zero-order valence-corrected chi connectivity index (χ0v) is 10.0. The van der Waals surface area contributed by atoms with Gasteiger partial charge in [-0.3, -0.25) is 9.59 Å². The summed E-state index contributed by atoms with van der Waals surface area (Å²) in [5.74, 6) is 0.0718. The van der Waals surface area contributed by atoms with Gasteiger partial charge in [0.1, 0.15) is 6.29 Å². The van der Waals surface area contributed by atoms with Crippen molar-refractivity contribution < 1.29 is 9.59 Å². The molecule has 2 rings (SSSR count). The molecule has 2 nitrogen and oxygen atoms in total. The smallest absolute Gasteiger partial charge is 0.163 e. The minimum absolute atomic E-state index is 0.0718. The molecule has 0 fully saturated rings. The van der Waals surface area contributed by atoms with Crippen molar-refractivity contribution in [1.29, 1.82) is 0 Å². The van der Waals surface area contributed by atoms with Gasteiger partial charge in [0, 0.05) is 17.5 Å². The number of carbonyl (C=O) groups excluding carboxylic acids is 2. The largest absolute Gasteiger partial charge is 0.298 e. The Morgan fingerprint density at radius 2 is 1.78 bits per heavy atom. The number of hydrogen-bond acceptors (Lipinski definition) is 2. The van der Waals surface area contributed by atoms with E-state index in [4.69, 9.17) is 0 Å². The van der Waals surface area contributed by atoms with E-state index in [2.05, 4.69) is 0 Å². The standard InChI is InChI=1S/C16H14O2/c17-12-14-7-4-8-15(11-14)16(18)10-9-13-5-2-1-3-6-13/h1-8,11-12H,9-10H2. The van der Waals surface area contributed by atoms with Crippen molar-refractivity contribution in [3.63, 3.8) is 0 Å². The lowest BCUT2D eigenvalue weighted by molar-refractivity contribution is 0.0983. The number of Topliss-reactive ketones (excluding diaryl/α,β-unsaturated/α-hetero) is 1. The molecule has 0 bridgehead atoms. The highest BCUT2D eigenvalue weighted by Gasteiger charge is 2.06. The second-order valence-electron chi connectivity index (χ2n) is 4.15. The van der Waals surface area contributed by atoms with E-state index in [1.54, 1.807) is 24.3 Å². The van der Waals surface area contributed by atoms with Gasteiger partial charge in [0.2, 0.25) is 0 Å². The second-order valence-corrected chi connectivity index (χ2v) is 4.15. The van der Waals surface area contributed by atoms with Crippen molar-refractivity contribution in [1.82, 2.24) is 0 Å². The maximum atomic E-state index is 12.0. The van der Waals surface area contributed by atoms with Gasteiger partial charge in [-0.1, -0.05) is 48.5 Å². The van der Waals surface area contributed by atoms with Gasteiger partial charge in [-0.15, -0.1) is 0 Å². The van der Waals surface area contributed by atoms with E-state index >= 15 is 0 Å². The quantitative estimate of drug-likeness (QED) is 0.591. The molecule has 0 radical (unpaired) electrons. The topological polar surface area (TPSA) is 34.1 Å². The summed E-state index contributed by atoms with van der Waals surface area (Å²) in [6.45, 7) is 0. The summed E-state index contributed by atoms with van der Waals surface area (Å²) in [5.41, 5.74) is 2.30. The van der Waals surface area contributed by atoms with Gasteiger partial charge in [0.05, 0.1) is 0 Å². The molecule has 0 aliphatic rings. The third kappa shape index (κ3) is 3.14. The Labute approximate surface area is 106 Å². The van der Waals surface area contributed by atoms with Gasteiger partial charge in [0.25, 0.3) is 0 Å². The van der Waals surface area contributed by atoms with Crippen molar-refractivity contribution in [3.05, 3.63) is 71.3 Å². The number of ketones is 1. The molecule has 0 unspecified atom stereocenters. The van der Waals surface area contributed by atoms with Crippen LogP contribution in [0.2, 0.25) is 0 Å². The van der Waals surface area contributed by atoms with Crippen molar-refractivity contribution in [3.8, 4) is 0 Å². The van der Waals surface area contributed by atoms with E-state index < -0.39 is 0 Å². The lowest BCUT2D eigenvalue weighted by atomic mass is 10.0. The lowest BCUT2D eigenvalue weighted by Gasteiger charge is -2.02. The van der Waals surface area contributed by atoms with Crippen LogP contribution in [-0.2, 0) is 6.42 Å². The first kappa shape index (κ1) is 12.2. The van der Waals surface area contributed by atoms with E-state index in [1.807, 2.05) is 30.3 Å². The fourth-order valence-corrected chi connectivity index (χ4v) is 1.83.